The normalized spacial score (nSPS) is 20.7. The fraction of sp³-hybridized carbons (Fsp3) is 0.364. The van der Waals surface area contributed by atoms with E-state index in [1.165, 1.54) is 24.3 Å². The fourth-order valence-corrected chi connectivity index (χ4v) is 6.21. The van der Waals surface area contributed by atoms with Crippen molar-refractivity contribution in [3.05, 3.63) is 59.4 Å². The molecule has 2 aromatic carbocycles. The Morgan fingerprint density at radius 1 is 1.08 bits per heavy atom. The molecule has 204 valence electrons. The highest BCUT2D eigenvalue weighted by Crippen LogP contribution is 2.44. The highest BCUT2D eigenvalue weighted by Gasteiger charge is 2.48. The van der Waals surface area contributed by atoms with E-state index in [4.69, 9.17) is 0 Å². The Labute approximate surface area is 213 Å². The largest absolute Gasteiger partial charge is 0.517 e. The van der Waals surface area contributed by atoms with Crippen molar-refractivity contribution in [3.8, 4) is 5.75 Å². The van der Waals surface area contributed by atoms with Gasteiger partial charge in [0.25, 0.3) is 5.91 Å². The smallest absolute Gasteiger partial charge is 0.394 e. The average molecular weight is 582 g/mol. The molecule has 3 atom stereocenters. The van der Waals surface area contributed by atoms with Gasteiger partial charge in [0.2, 0.25) is 0 Å². The van der Waals surface area contributed by atoms with Crippen LogP contribution >= 0.6 is 0 Å². The lowest BCUT2D eigenvalue weighted by Crippen LogP contribution is -2.46. The summed E-state index contributed by atoms with van der Waals surface area (Å²) in [5.41, 5.74) is -9.45. The van der Waals surface area contributed by atoms with Crippen LogP contribution in [0.2, 0.25) is 0 Å². The number of aromatic nitrogens is 2. The van der Waals surface area contributed by atoms with Gasteiger partial charge < -0.3 is 9.08 Å². The maximum atomic E-state index is 13.4. The van der Waals surface area contributed by atoms with Crippen molar-refractivity contribution in [2.75, 3.05) is 6.54 Å². The first-order valence-corrected chi connectivity index (χ1v) is 13.6. The standard InChI is InChI=1S/C22H17F6N3O5S2/c23-21(24,25)37(33)36-14-5-3-12-9-19-15(16(12)10-14)2-1-7-30(19)20(32)13-4-6-18-17(8-13)29-11-31(18)38(34,35)22(26,27)28/h3-6,8,10-11,15,19H,1-2,7,9H2/t15?,19-,37?/m0/s1. The van der Waals surface area contributed by atoms with E-state index in [0.717, 1.165) is 11.6 Å². The zero-order valence-electron chi connectivity index (χ0n) is 19.0. The van der Waals surface area contributed by atoms with Crippen molar-refractivity contribution in [2.24, 2.45) is 0 Å². The molecule has 8 nitrogen and oxygen atoms in total. The van der Waals surface area contributed by atoms with Gasteiger partial charge in [0.05, 0.1) is 11.0 Å². The van der Waals surface area contributed by atoms with E-state index in [-0.39, 0.29) is 38.3 Å². The number of benzene rings is 2. The summed E-state index contributed by atoms with van der Waals surface area (Å²) in [7, 11) is -5.71. The third-order valence-electron chi connectivity index (χ3n) is 6.66. The van der Waals surface area contributed by atoms with Crippen molar-refractivity contribution in [1.29, 1.82) is 0 Å². The van der Waals surface area contributed by atoms with Crippen LogP contribution in [0.4, 0.5) is 26.3 Å². The number of rotatable bonds is 4. The quantitative estimate of drug-likeness (QED) is 0.428. The molecule has 38 heavy (non-hydrogen) atoms. The molecule has 1 aliphatic carbocycles. The summed E-state index contributed by atoms with van der Waals surface area (Å²) in [6.45, 7) is 0.365. The number of likely N-dealkylation sites (tertiary alicyclic amines) is 1. The van der Waals surface area contributed by atoms with Gasteiger partial charge in [0.1, 0.15) is 12.1 Å². The Kier molecular flexibility index (Phi) is 6.24. The summed E-state index contributed by atoms with van der Waals surface area (Å²) < 4.78 is 116. The molecule has 2 unspecified atom stereocenters. The Morgan fingerprint density at radius 2 is 1.82 bits per heavy atom. The summed E-state index contributed by atoms with van der Waals surface area (Å²) in [5.74, 6) is -0.874. The Balaban J connectivity index is 1.40. The molecule has 1 fully saturated rings. The highest BCUT2D eigenvalue weighted by atomic mass is 32.2. The molecular formula is C22H17F6N3O5S2. The van der Waals surface area contributed by atoms with E-state index in [1.54, 1.807) is 11.0 Å². The zero-order chi connectivity index (χ0) is 27.6. The fourth-order valence-electron chi connectivity index (χ4n) is 5.03. The summed E-state index contributed by atoms with van der Waals surface area (Å²) in [4.78, 5) is 18.7. The van der Waals surface area contributed by atoms with Crippen molar-refractivity contribution in [2.45, 2.75) is 42.2 Å². The lowest BCUT2D eigenvalue weighted by atomic mass is 9.88. The van der Waals surface area contributed by atoms with Crippen molar-refractivity contribution < 1.29 is 47.9 Å². The second-order valence-corrected chi connectivity index (χ2v) is 11.7. The number of fused-ring (bicyclic) bond motifs is 4. The number of alkyl halides is 6. The predicted octanol–water partition coefficient (Wildman–Crippen LogP) is 4.24. The van der Waals surface area contributed by atoms with Crippen LogP contribution in [0.15, 0.2) is 42.7 Å². The number of halogens is 6. The van der Waals surface area contributed by atoms with Crippen LogP contribution in [0.25, 0.3) is 11.0 Å². The molecule has 2 aliphatic rings. The monoisotopic (exact) mass is 581 g/mol. The first-order valence-electron chi connectivity index (χ1n) is 11.1. The van der Waals surface area contributed by atoms with Gasteiger partial charge in [-0.1, -0.05) is 6.07 Å². The topological polar surface area (TPSA) is 98.6 Å². The minimum absolute atomic E-state index is 0.00654. The van der Waals surface area contributed by atoms with Gasteiger partial charge in [0.15, 0.2) is 0 Å². The third-order valence-corrected chi connectivity index (χ3v) is 8.78. The molecule has 1 saturated heterocycles. The molecule has 0 N–H and O–H groups in total. The number of carbonyl (C=O) groups is 1. The van der Waals surface area contributed by atoms with Gasteiger partial charge in [-0.15, -0.1) is 0 Å². The summed E-state index contributed by atoms with van der Waals surface area (Å²) in [6.07, 6.45) is 2.16. The molecule has 5 rings (SSSR count). The van der Waals surface area contributed by atoms with Crippen molar-refractivity contribution >= 4 is 38.0 Å². The molecule has 1 amide bonds. The van der Waals surface area contributed by atoms with E-state index in [9.17, 15) is 43.8 Å². The number of imidazole rings is 1. The van der Waals surface area contributed by atoms with Gasteiger partial charge in [-0.2, -0.15) is 34.8 Å². The van der Waals surface area contributed by atoms with E-state index in [2.05, 4.69) is 9.17 Å². The van der Waals surface area contributed by atoms with Gasteiger partial charge in [-0.05, 0) is 60.7 Å². The highest BCUT2D eigenvalue weighted by molar-refractivity contribution is 7.90. The summed E-state index contributed by atoms with van der Waals surface area (Å²) in [5, 5.41) is 0. The van der Waals surface area contributed by atoms with E-state index < -0.39 is 38.0 Å². The summed E-state index contributed by atoms with van der Waals surface area (Å²) >= 11 is -3.53. The van der Waals surface area contributed by atoms with Crippen molar-refractivity contribution in [1.82, 2.24) is 13.9 Å². The average Bonchev–Trinajstić information content (AvgIpc) is 3.43. The number of nitrogens with zero attached hydrogens (tertiary/aromatic N) is 3. The van der Waals surface area contributed by atoms with Crippen LogP contribution in [0, 0.1) is 0 Å². The summed E-state index contributed by atoms with van der Waals surface area (Å²) in [6, 6.07) is 7.42. The predicted molar refractivity (Wildman–Crippen MR) is 122 cm³/mol. The lowest BCUT2D eigenvalue weighted by molar-refractivity contribution is -0.0448. The molecule has 0 spiro atoms. The van der Waals surface area contributed by atoms with Crippen molar-refractivity contribution in [3.63, 3.8) is 0 Å². The van der Waals surface area contributed by atoms with Crippen LogP contribution in [-0.2, 0) is 27.5 Å². The third kappa shape index (κ3) is 4.42. The van der Waals surface area contributed by atoms with Gasteiger partial charge >= 0.3 is 32.1 Å². The molecule has 16 heteroatoms. The van der Waals surface area contributed by atoms with E-state index in [0.29, 0.717) is 37.7 Å². The van der Waals surface area contributed by atoms with E-state index in [1.807, 2.05) is 0 Å². The number of hydrogen-bond donors (Lipinski definition) is 0. The molecular weight excluding hydrogens is 564 g/mol. The molecule has 0 saturated carbocycles. The number of carbonyl (C=O) groups excluding carboxylic acids is 1. The first kappa shape index (κ1) is 26.5. The molecule has 3 aromatic rings. The second-order valence-electron chi connectivity index (χ2n) is 8.84. The van der Waals surface area contributed by atoms with Crippen LogP contribution in [0.5, 0.6) is 5.75 Å². The lowest BCUT2D eigenvalue weighted by Gasteiger charge is -2.38. The number of piperidine rings is 1. The number of amides is 1. The maximum Gasteiger partial charge on any atom is 0.517 e. The Morgan fingerprint density at radius 3 is 2.50 bits per heavy atom. The maximum absolute atomic E-state index is 13.4. The van der Waals surface area contributed by atoms with Crippen LogP contribution in [-0.4, -0.2) is 56.0 Å². The molecule has 2 heterocycles. The van der Waals surface area contributed by atoms with Gasteiger partial charge in [-0.3, -0.25) is 4.79 Å². The molecule has 0 radical (unpaired) electrons. The number of hydrogen-bond acceptors (Lipinski definition) is 6. The van der Waals surface area contributed by atoms with Crippen LogP contribution in [0.3, 0.4) is 0 Å². The minimum Gasteiger partial charge on any atom is -0.394 e. The van der Waals surface area contributed by atoms with Crippen LogP contribution < -0.4 is 4.18 Å². The zero-order valence-corrected chi connectivity index (χ0v) is 20.6. The Hall–Kier alpha value is -3.14. The SMILES string of the molecule is O=C(c1ccc2c(c1)ncn2S(=O)(=O)C(F)(F)F)N1CCCC2c3cc(OS(=O)C(F)(F)F)ccc3C[C@@H]21. The second kappa shape index (κ2) is 8.97. The minimum atomic E-state index is -5.71. The van der Waals surface area contributed by atoms with Gasteiger partial charge in [0, 0.05) is 24.1 Å². The molecule has 1 aliphatic heterocycles. The van der Waals surface area contributed by atoms with E-state index >= 15 is 0 Å². The first-order chi connectivity index (χ1) is 17.7. The molecule has 1 aromatic heterocycles. The van der Waals surface area contributed by atoms with Crippen LogP contribution in [0.1, 0.15) is 40.2 Å². The Bertz CT molecular complexity index is 1570. The van der Waals surface area contributed by atoms with Gasteiger partial charge in [-0.25, -0.2) is 13.2 Å². The molecule has 0 bridgehead atoms.